The highest BCUT2D eigenvalue weighted by molar-refractivity contribution is 9.10. The van der Waals surface area contributed by atoms with Gasteiger partial charge in [-0.1, -0.05) is 70.2 Å². The van der Waals surface area contributed by atoms with Crippen LogP contribution in [0.3, 0.4) is 0 Å². The number of hydrogen-bond acceptors (Lipinski definition) is 5. The van der Waals surface area contributed by atoms with Crippen LogP contribution in [0.15, 0.2) is 64.2 Å². The van der Waals surface area contributed by atoms with Crippen molar-refractivity contribution in [3.05, 3.63) is 64.6 Å². The second kappa shape index (κ2) is 8.49. The van der Waals surface area contributed by atoms with Crippen molar-refractivity contribution in [3.8, 4) is 11.4 Å². The molecule has 0 radical (unpaired) electrons. The lowest BCUT2D eigenvalue weighted by Gasteiger charge is -2.12. The van der Waals surface area contributed by atoms with Crippen LogP contribution >= 0.6 is 27.7 Å². The van der Waals surface area contributed by atoms with Gasteiger partial charge in [-0.25, -0.2) is 0 Å². The third-order valence-electron chi connectivity index (χ3n) is 4.66. The minimum Gasteiger partial charge on any atom is -0.462 e. The molecule has 0 saturated carbocycles. The highest BCUT2D eigenvalue weighted by Gasteiger charge is 2.34. The summed E-state index contributed by atoms with van der Waals surface area (Å²) in [5, 5.41) is 9.37. The van der Waals surface area contributed by atoms with E-state index in [1.807, 2.05) is 49.4 Å². The van der Waals surface area contributed by atoms with Gasteiger partial charge in [-0.3, -0.25) is 4.79 Å². The van der Waals surface area contributed by atoms with Gasteiger partial charge in [-0.05, 0) is 31.0 Å². The van der Waals surface area contributed by atoms with E-state index in [4.69, 9.17) is 4.74 Å². The fourth-order valence-electron chi connectivity index (χ4n) is 3.22. The molecule has 2 aromatic carbocycles. The quantitative estimate of drug-likeness (QED) is 0.500. The standard InChI is InChI=1S/C21H20BrN3O2S/c1-14-13-18(20(26)27-14)28-21-24-23-19(16-7-9-17(22)10-8-16)25(21)12-11-15-5-3-2-4-6-15/h2-10,14,18H,11-13H2,1H3/t14-,18+/m1/s1. The smallest absolute Gasteiger partial charge is 0.319 e. The van der Waals surface area contributed by atoms with Gasteiger partial charge in [0.1, 0.15) is 11.4 Å². The summed E-state index contributed by atoms with van der Waals surface area (Å²) < 4.78 is 8.42. The Bertz CT molecular complexity index is 960. The molecule has 1 aliphatic heterocycles. The molecule has 0 bridgehead atoms. The normalized spacial score (nSPS) is 19.0. The molecule has 2 atom stereocenters. The SMILES string of the molecule is C[C@@H]1C[C@H](Sc2nnc(-c3ccc(Br)cc3)n2CCc2ccccc2)C(=O)O1. The molecule has 0 spiro atoms. The number of esters is 1. The molecule has 2 heterocycles. The number of nitrogens with zero attached hydrogens (tertiary/aromatic N) is 3. The lowest BCUT2D eigenvalue weighted by Crippen LogP contribution is -2.12. The Morgan fingerprint density at radius 3 is 2.57 bits per heavy atom. The zero-order valence-electron chi connectivity index (χ0n) is 15.4. The molecule has 0 amide bonds. The number of carbonyl (C=O) groups is 1. The molecule has 3 aromatic rings. The van der Waals surface area contributed by atoms with Crippen molar-refractivity contribution in [1.29, 1.82) is 0 Å². The van der Waals surface area contributed by atoms with Crippen molar-refractivity contribution < 1.29 is 9.53 Å². The Hall–Kier alpha value is -2.12. The van der Waals surface area contributed by atoms with Crippen molar-refractivity contribution in [2.24, 2.45) is 0 Å². The van der Waals surface area contributed by atoms with Gasteiger partial charge in [0.15, 0.2) is 11.0 Å². The Morgan fingerprint density at radius 2 is 1.89 bits per heavy atom. The minimum absolute atomic E-state index is 0.0448. The van der Waals surface area contributed by atoms with Crippen molar-refractivity contribution in [1.82, 2.24) is 14.8 Å². The number of ether oxygens (including phenoxy) is 1. The lowest BCUT2D eigenvalue weighted by atomic mass is 10.1. The van der Waals surface area contributed by atoms with Crippen LogP contribution in [0.5, 0.6) is 0 Å². The summed E-state index contributed by atoms with van der Waals surface area (Å²) >= 11 is 4.92. The van der Waals surface area contributed by atoms with Gasteiger partial charge in [0.05, 0.1) is 0 Å². The van der Waals surface area contributed by atoms with Gasteiger partial charge < -0.3 is 9.30 Å². The summed E-state index contributed by atoms with van der Waals surface area (Å²) in [6.07, 6.45) is 1.51. The van der Waals surface area contributed by atoms with Crippen molar-refractivity contribution in [3.63, 3.8) is 0 Å². The molecule has 7 heteroatoms. The van der Waals surface area contributed by atoms with E-state index in [0.717, 1.165) is 34.0 Å². The van der Waals surface area contributed by atoms with E-state index < -0.39 is 0 Å². The number of aromatic nitrogens is 3. The maximum absolute atomic E-state index is 12.1. The molecule has 1 fully saturated rings. The second-order valence-corrected chi connectivity index (χ2v) is 8.88. The molecule has 5 nitrogen and oxygen atoms in total. The number of rotatable bonds is 6. The molecule has 1 aromatic heterocycles. The van der Waals surface area contributed by atoms with Gasteiger partial charge in [-0.2, -0.15) is 0 Å². The zero-order chi connectivity index (χ0) is 19.5. The van der Waals surface area contributed by atoms with Crippen LogP contribution in [0.1, 0.15) is 18.9 Å². The van der Waals surface area contributed by atoms with Crippen LogP contribution < -0.4 is 0 Å². The number of thioether (sulfide) groups is 1. The second-order valence-electron chi connectivity index (χ2n) is 6.79. The van der Waals surface area contributed by atoms with Crippen molar-refractivity contribution in [2.45, 2.75) is 42.8 Å². The largest absolute Gasteiger partial charge is 0.462 e. The van der Waals surface area contributed by atoms with Crippen LogP contribution in [-0.2, 0) is 22.5 Å². The monoisotopic (exact) mass is 457 g/mol. The first kappa shape index (κ1) is 19.2. The van der Waals surface area contributed by atoms with Gasteiger partial charge in [0, 0.05) is 23.0 Å². The summed E-state index contributed by atoms with van der Waals surface area (Å²) in [5.74, 6) is 0.644. The van der Waals surface area contributed by atoms with Crippen molar-refractivity contribution >= 4 is 33.7 Å². The molecule has 1 saturated heterocycles. The van der Waals surface area contributed by atoms with E-state index in [1.54, 1.807) is 0 Å². The number of benzene rings is 2. The molecular weight excluding hydrogens is 438 g/mol. The van der Waals surface area contributed by atoms with Crippen LogP contribution in [0.4, 0.5) is 0 Å². The van der Waals surface area contributed by atoms with E-state index in [-0.39, 0.29) is 17.3 Å². The molecule has 28 heavy (non-hydrogen) atoms. The van der Waals surface area contributed by atoms with Crippen molar-refractivity contribution in [2.75, 3.05) is 0 Å². The molecule has 4 rings (SSSR count). The average molecular weight is 458 g/mol. The third kappa shape index (κ3) is 4.31. The van der Waals surface area contributed by atoms with Crippen LogP contribution in [-0.4, -0.2) is 32.1 Å². The topological polar surface area (TPSA) is 57.0 Å². The minimum atomic E-state index is -0.229. The predicted molar refractivity (Wildman–Crippen MR) is 113 cm³/mol. The molecule has 0 aliphatic carbocycles. The number of cyclic esters (lactones) is 1. The van der Waals surface area contributed by atoms with Crippen LogP contribution in [0.2, 0.25) is 0 Å². The molecule has 144 valence electrons. The maximum atomic E-state index is 12.1. The van der Waals surface area contributed by atoms with E-state index in [1.165, 1.54) is 17.3 Å². The predicted octanol–water partition coefficient (Wildman–Crippen LogP) is 4.75. The van der Waals surface area contributed by atoms with E-state index in [9.17, 15) is 4.79 Å². The molecular formula is C21H20BrN3O2S. The number of aryl methyl sites for hydroxylation is 1. The Balaban J connectivity index is 1.63. The lowest BCUT2D eigenvalue weighted by molar-refractivity contribution is -0.140. The number of hydrogen-bond donors (Lipinski definition) is 0. The summed E-state index contributed by atoms with van der Waals surface area (Å²) in [5.41, 5.74) is 2.25. The van der Waals surface area contributed by atoms with E-state index >= 15 is 0 Å². The van der Waals surface area contributed by atoms with Gasteiger partial charge in [0.2, 0.25) is 0 Å². The first-order valence-electron chi connectivity index (χ1n) is 9.20. The number of carbonyl (C=O) groups excluding carboxylic acids is 1. The van der Waals surface area contributed by atoms with E-state index in [0.29, 0.717) is 6.42 Å². The summed E-state index contributed by atoms with van der Waals surface area (Å²) in [6, 6.07) is 18.4. The van der Waals surface area contributed by atoms with Crippen LogP contribution in [0.25, 0.3) is 11.4 Å². The highest BCUT2D eigenvalue weighted by atomic mass is 79.9. The fourth-order valence-corrected chi connectivity index (χ4v) is 4.65. The fraction of sp³-hybridized carbons (Fsp3) is 0.286. The van der Waals surface area contributed by atoms with Gasteiger partial charge in [0.25, 0.3) is 0 Å². The van der Waals surface area contributed by atoms with Gasteiger partial charge >= 0.3 is 5.97 Å². The van der Waals surface area contributed by atoms with Crippen LogP contribution in [0, 0.1) is 0 Å². The van der Waals surface area contributed by atoms with E-state index in [2.05, 4.69) is 42.8 Å². The summed E-state index contributed by atoms with van der Waals surface area (Å²) in [7, 11) is 0. The molecule has 0 unspecified atom stereocenters. The third-order valence-corrected chi connectivity index (χ3v) is 6.37. The average Bonchev–Trinajstić information content (AvgIpc) is 3.24. The zero-order valence-corrected chi connectivity index (χ0v) is 17.8. The van der Waals surface area contributed by atoms with Gasteiger partial charge in [-0.15, -0.1) is 10.2 Å². The first-order chi connectivity index (χ1) is 13.6. The number of halogens is 1. The maximum Gasteiger partial charge on any atom is 0.319 e. The Labute approximate surface area is 176 Å². The molecule has 0 N–H and O–H groups in total. The molecule has 1 aliphatic rings. The Kier molecular flexibility index (Phi) is 5.82. The first-order valence-corrected chi connectivity index (χ1v) is 10.9. The highest BCUT2D eigenvalue weighted by Crippen LogP contribution is 2.33. The summed E-state index contributed by atoms with van der Waals surface area (Å²) in [4.78, 5) is 12.1. The summed E-state index contributed by atoms with van der Waals surface area (Å²) in [6.45, 7) is 2.66. The Morgan fingerprint density at radius 1 is 1.14 bits per heavy atom.